The molecule has 0 rings (SSSR count). The third kappa shape index (κ3) is 1880. The van der Waals surface area contributed by atoms with Crippen molar-refractivity contribution in [1.29, 1.82) is 0 Å². The van der Waals surface area contributed by atoms with E-state index in [1.807, 2.05) is 0 Å². The molecule has 0 aliphatic heterocycles. The van der Waals surface area contributed by atoms with E-state index in [1.165, 1.54) is 0 Å². The van der Waals surface area contributed by atoms with Crippen molar-refractivity contribution in [3.05, 3.63) is 0 Å². The van der Waals surface area contributed by atoms with E-state index in [4.69, 9.17) is 42.2 Å². The molecule has 13 heteroatoms. The SMILES string of the molecule is O=[Si](O)O.O=[Si](O)O.O=[Si](O)O.P. The largest absolute Gasteiger partial charge is 0.761 e. The molecule has 0 bridgehead atoms. The van der Waals surface area contributed by atoms with Crippen LogP contribution in [0.5, 0.6) is 0 Å². The van der Waals surface area contributed by atoms with E-state index in [1.54, 1.807) is 0 Å². The highest BCUT2D eigenvalue weighted by atomic mass is 31.0. The van der Waals surface area contributed by atoms with Gasteiger partial charge in [0.05, 0.1) is 0 Å². The first-order valence-electron chi connectivity index (χ1n) is 1.95. The minimum absolute atomic E-state index is 0. The van der Waals surface area contributed by atoms with Crippen molar-refractivity contribution in [2.75, 3.05) is 0 Å². The lowest BCUT2D eigenvalue weighted by atomic mass is 15.8. The third-order valence-electron chi connectivity index (χ3n) is 0. The van der Waals surface area contributed by atoms with Gasteiger partial charge in [-0.3, -0.25) is 13.4 Å². The normalized spacial score (nSPS) is 5.54. The van der Waals surface area contributed by atoms with Gasteiger partial charge in [-0.1, -0.05) is 0 Å². The van der Waals surface area contributed by atoms with Gasteiger partial charge in [-0.15, -0.1) is 0 Å². The van der Waals surface area contributed by atoms with Crippen LogP contribution in [0.2, 0.25) is 0 Å². The Morgan fingerprint density at radius 1 is 0.538 bits per heavy atom. The van der Waals surface area contributed by atoms with Gasteiger partial charge < -0.3 is 28.8 Å². The van der Waals surface area contributed by atoms with Gasteiger partial charge in [0.25, 0.3) is 0 Å². The molecule has 0 saturated heterocycles. The Kier molecular flexibility index (Phi) is 30.5. The lowest BCUT2D eigenvalue weighted by Crippen LogP contribution is -1.90. The minimum Gasteiger partial charge on any atom is -0.511 e. The van der Waals surface area contributed by atoms with Crippen LogP contribution in [0, 0.1) is 0 Å². The maximum Gasteiger partial charge on any atom is 0.761 e. The molecular weight excluding hydrogens is 259 g/mol. The Balaban J connectivity index is -0.0000000450. The second-order valence-electron chi connectivity index (χ2n) is 0.848. The van der Waals surface area contributed by atoms with Gasteiger partial charge in [0, 0.05) is 0 Å². The number of rotatable bonds is 0. The first-order chi connectivity index (χ1) is 5.20. The summed E-state index contributed by atoms with van der Waals surface area (Å²) in [7, 11) is -9.39. The molecule has 0 heterocycles. The molecule has 0 aromatic rings. The van der Waals surface area contributed by atoms with E-state index in [9.17, 15) is 0 Å². The van der Waals surface area contributed by atoms with Crippen LogP contribution in [0.15, 0.2) is 0 Å². The molecule has 0 spiro atoms. The molecule has 80 valence electrons. The van der Waals surface area contributed by atoms with Crippen LogP contribution >= 0.6 is 9.90 Å². The molecule has 0 saturated carbocycles. The fraction of sp³-hybridized carbons (Fsp3) is 0. The van der Waals surface area contributed by atoms with Gasteiger partial charge in [0.1, 0.15) is 0 Å². The highest BCUT2D eigenvalue weighted by Crippen LogP contribution is 1.27. The standard InChI is InChI=1S/3H2O3Si.H3P/c3*1-4(2)3;/h3*1-2H;1H3. The summed E-state index contributed by atoms with van der Waals surface area (Å²) in [5, 5.41) is 0. The Morgan fingerprint density at radius 2 is 0.538 bits per heavy atom. The van der Waals surface area contributed by atoms with Crippen LogP contribution in [0.25, 0.3) is 0 Å². The summed E-state index contributed by atoms with van der Waals surface area (Å²) in [6.07, 6.45) is 0. The van der Waals surface area contributed by atoms with Gasteiger partial charge in [-0.25, -0.2) is 0 Å². The average molecular weight is 268 g/mol. The second-order valence-corrected chi connectivity index (χ2v) is 2.54. The molecule has 0 aromatic carbocycles. The highest BCUT2D eigenvalue weighted by molar-refractivity contribution is 6.92. The fourth-order valence-electron chi connectivity index (χ4n) is 0. The molecule has 6 N–H and O–H groups in total. The summed E-state index contributed by atoms with van der Waals surface area (Å²) in [4.78, 5) is 42.9. The maximum absolute atomic E-state index is 8.74. The number of hydrogen-bond donors (Lipinski definition) is 6. The molecule has 1 atom stereocenters. The molecule has 0 fully saturated rings. The quantitative estimate of drug-likeness (QED) is 0.186. The zero-order valence-corrected chi connectivity index (χ0v) is 10.5. The monoisotopic (exact) mass is 268 g/mol. The van der Waals surface area contributed by atoms with Crippen LogP contribution in [-0.4, -0.2) is 56.3 Å². The van der Waals surface area contributed by atoms with Crippen molar-refractivity contribution < 1.29 is 42.2 Å². The van der Waals surface area contributed by atoms with Crippen molar-refractivity contribution in [1.82, 2.24) is 0 Å². The maximum atomic E-state index is 8.74. The topological polar surface area (TPSA) is 173 Å². The molecule has 0 aliphatic carbocycles. The first kappa shape index (κ1) is 22.8. The summed E-state index contributed by atoms with van der Waals surface area (Å²) in [5.74, 6) is 0. The minimum atomic E-state index is -3.13. The summed E-state index contributed by atoms with van der Waals surface area (Å²) >= 11 is 0. The van der Waals surface area contributed by atoms with E-state index in [2.05, 4.69) is 0 Å². The predicted molar refractivity (Wildman–Crippen MR) is 43.7 cm³/mol. The summed E-state index contributed by atoms with van der Waals surface area (Å²) < 4.78 is 26.2. The molecule has 0 amide bonds. The molecular formula is H9O9PSi3. The fourth-order valence-corrected chi connectivity index (χ4v) is 0. The van der Waals surface area contributed by atoms with Gasteiger partial charge in [0.15, 0.2) is 0 Å². The van der Waals surface area contributed by atoms with Gasteiger partial charge in [0.2, 0.25) is 0 Å². The molecule has 9 nitrogen and oxygen atoms in total. The zero-order chi connectivity index (χ0) is 10.7. The summed E-state index contributed by atoms with van der Waals surface area (Å²) in [5.41, 5.74) is 0. The average Bonchev–Trinajstić information content (AvgIpc) is 1.54. The Labute approximate surface area is 80.3 Å². The van der Waals surface area contributed by atoms with Crippen LogP contribution in [0.3, 0.4) is 0 Å². The third-order valence-corrected chi connectivity index (χ3v) is 0. The molecule has 1 unspecified atom stereocenters. The van der Waals surface area contributed by atoms with Crippen LogP contribution in [-0.2, 0) is 13.4 Å². The Hall–Kier alpha value is -0.719. The summed E-state index contributed by atoms with van der Waals surface area (Å²) in [6.45, 7) is 0. The van der Waals surface area contributed by atoms with E-state index >= 15 is 0 Å². The van der Waals surface area contributed by atoms with Gasteiger partial charge in [-0.2, -0.15) is 9.90 Å². The van der Waals surface area contributed by atoms with E-state index < -0.39 is 27.5 Å². The van der Waals surface area contributed by atoms with E-state index in [-0.39, 0.29) is 9.90 Å². The molecule has 13 heavy (non-hydrogen) atoms. The van der Waals surface area contributed by atoms with Crippen LogP contribution in [0.4, 0.5) is 0 Å². The number of hydrogen-bond acceptors (Lipinski definition) is 3. The molecule has 0 aromatic heterocycles. The van der Waals surface area contributed by atoms with Crippen molar-refractivity contribution in [3.8, 4) is 0 Å². The molecule has 0 radical (unpaired) electrons. The summed E-state index contributed by atoms with van der Waals surface area (Å²) in [6, 6.07) is 0. The predicted octanol–water partition coefficient (Wildman–Crippen LogP) is -4.78. The Bertz CT molecular complexity index is 112. The lowest BCUT2D eigenvalue weighted by molar-refractivity contribution is 0.328. The van der Waals surface area contributed by atoms with Crippen LogP contribution < -0.4 is 0 Å². The zero-order valence-electron chi connectivity index (χ0n) is 6.12. The molecule has 0 aliphatic rings. The first-order valence-corrected chi connectivity index (χ1v) is 5.86. The van der Waals surface area contributed by atoms with Crippen molar-refractivity contribution in [2.24, 2.45) is 0 Å². The van der Waals surface area contributed by atoms with Crippen LogP contribution in [0.1, 0.15) is 0 Å². The van der Waals surface area contributed by atoms with Gasteiger partial charge in [-0.05, 0) is 0 Å². The lowest BCUT2D eigenvalue weighted by Gasteiger charge is -1.55. The Morgan fingerprint density at radius 3 is 0.538 bits per heavy atom. The van der Waals surface area contributed by atoms with E-state index in [0.717, 1.165) is 0 Å². The smallest absolute Gasteiger partial charge is 0.511 e. The van der Waals surface area contributed by atoms with Crippen molar-refractivity contribution >= 4 is 37.4 Å². The van der Waals surface area contributed by atoms with Crippen molar-refractivity contribution in [3.63, 3.8) is 0 Å². The van der Waals surface area contributed by atoms with Gasteiger partial charge >= 0.3 is 27.5 Å². The second kappa shape index (κ2) is 17.4. The van der Waals surface area contributed by atoms with E-state index in [0.29, 0.717) is 0 Å². The van der Waals surface area contributed by atoms with Crippen molar-refractivity contribution in [2.45, 2.75) is 0 Å². The highest BCUT2D eigenvalue weighted by Gasteiger charge is 1.85.